The van der Waals surface area contributed by atoms with E-state index in [4.69, 9.17) is 4.74 Å². The second kappa shape index (κ2) is 6.28. The number of ether oxygens (including phenoxy) is 1. The van der Waals surface area contributed by atoms with Gasteiger partial charge in [0.2, 0.25) is 0 Å². The van der Waals surface area contributed by atoms with Crippen LogP contribution in [0.1, 0.15) is 17.8 Å². The Kier molecular flexibility index (Phi) is 4.22. The van der Waals surface area contributed by atoms with E-state index in [0.29, 0.717) is 6.61 Å². The Bertz CT molecular complexity index is 686. The molecule has 0 spiro atoms. The van der Waals surface area contributed by atoms with E-state index in [0.717, 1.165) is 12.2 Å². The Morgan fingerprint density at radius 3 is 3.05 bits per heavy atom. The largest absolute Gasteiger partial charge is 0.383 e. The van der Waals surface area contributed by atoms with Gasteiger partial charge in [0, 0.05) is 22.9 Å². The van der Waals surface area contributed by atoms with Gasteiger partial charge in [-0.2, -0.15) is 5.10 Å². The predicted octanol–water partition coefficient (Wildman–Crippen LogP) is 3.92. The van der Waals surface area contributed by atoms with Crippen molar-refractivity contribution in [2.45, 2.75) is 19.5 Å². The summed E-state index contributed by atoms with van der Waals surface area (Å²) >= 11 is 1.84. The number of methoxy groups -OCH3 is 1. The Morgan fingerprint density at radius 2 is 2.24 bits per heavy atom. The summed E-state index contributed by atoms with van der Waals surface area (Å²) in [5, 5.41) is 9.13. The highest BCUT2D eigenvalue weighted by Crippen LogP contribution is 2.31. The van der Waals surface area contributed by atoms with Crippen molar-refractivity contribution in [2.75, 3.05) is 19.0 Å². The molecule has 2 heterocycles. The molecule has 1 unspecified atom stereocenters. The quantitative estimate of drug-likeness (QED) is 0.750. The first-order chi connectivity index (χ1) is 10.3. The standard InChI is InChI=1S/C16H19N3OS/c1-12(16-9-13-5-3-4-6-15(13)21-16)18-14-10-17-19(11-14)7-8-20-2/h3-6,9-12,18H,7-8H2,1-2H3. The lowest BCUT2D eigenvalue weighted by atomic mass is 10.2. The number of aromatic nitrogens is 2. The van der Waals surface area contributed by atoms with Crippen LogP contribution in [0.15, 0.2) is 42.7 Å². The number of nitrogens with zero attached hydrogens (tertiary/aromatic N) is 2. The molecular formula is C16H19N3OS. The van der Waals surface area contributed by atoms with Crippen LogP contribution in [0.2, 0.25) is 0 Å². The van der Waals surface area contributed by atoms with Crippen LogP contribution in [-0.2, 0) is 11.3 Å². The fourth-order valence-electron chi connectivity index (χ4n) is 2.28. The molecule has 3 rings (SSSR count). The van der Waals surface area contributed by atoms with E-state index in [-0.39, 0.29) is 6.04 Å². The monoisotopic (exact) mass is 301 g/mol. The molecule has 0 aliphatic carbocycles. The molecule has 5 heteroatoms. The Labute approximate surface area is 128 Å². The molecule has 0 saturated heterocycles. The minimum atomic E-state index is 0.266. The number of nitrogens with one attached hydrogen (secondary N) is 1. The van der Waals surface area contributed by atoms with Crippen molar-refractivity contribution in [1.29, 1.82) is 0 Å². The fourth-order valence-corrected chi connectivity index (χ4v) is 3.35. The van der Waals surface area contributed by atoms with Crippen molar-refractivity contribution in [2.24, 2.45) is 0 Å². The number of rotatable bonds is 6. The molecule has 2 aromatic heterocycles. The van der Waals surface area contributed by atoms with Crippen LogP contribution in [-0.4, -0.2) is 23.5 Å². The molecule has 0 bridgehead atoms. The predicted molar refractivity (Wildman–Crippen MR) is 88.0 cm³/mol. The molecule has 1 atom stereocenters. The third-order valence-corrected chi connectivity index (χ3v) is 4.71. The molecule has 21 heavy (non-hydrogen) atoms. The number of fused-ring (bicyclic) bond motifs is 1. The van der Waals surface area contributed by atoms with E-state index in [9.17, 15) is 0 Å². The van der Waals surface area contributed by atoms with Gasteiger partial charge in [0.25, 0.3) is 0 Å². The fraction of sp³-hybridized carbons (Fsp3) is 0.312. The van der Waals surface area contributed by atoms with Gasteiger partial charge < -0.3 is 10.1 Å². The van der Waals surface area contributed by atoms with Crippen molar-refractivity contribution >= 4 is 27.1 Å². The third-order valence-electron chi connectivity index (χ3n) is 3.41. The van der Waals surface area contributed by atoms with Crippen LogP contribution in [0, 0.1) is 0 Å². The second-order valence-electron chi connectivity index (χ2n) is 5.04. The molecule has 3 aromatic rings. The van der Waals surface area contributed by atoms with Crippen molar-refractivity contribution < 1.29 is 4.74 Å². The average molecular weight is 301 g/mol. The second-order valence-corrected chi connectivity index (χ2v) is 6.15. The lowest BCUT2D eigenvalue weighted by molar-refractivity contribution is 0.183. The van der Waals surface area contributed by atoms with E-state index < -0.39 is 0 Å². The summed E-state index contributed by atoms with van der Waals surface area (Å²) < 4.78 is 8.28. The first kappa shape index (κ1) is 14.1. The van der Waals surface area contributed by atoms with Crippen molar-refractivity contribution in [3.05, 3.63) is 47.6 Å². The molecule has 0 radical (unpaired) electrons. The van der Waals surface area contributed by atoms with E-state index in [2.05, 4.69) is 47.7 Å². The molecule has 0 amide bonds. The summed E-state index contributed by atoms with van der Waals surface area (Å²) in [4.78, 5) is 1.33. The summed E-state index contributed by atoms with van der Waals surface area (Å²) in [6.45, 7) is 3.62. The van der Waals surface area contributed by atoms with Gasteiger partial charge in [-0.15, -0.1) is 11.3 Å². The molecule has 4 nitrogen and oxygen atoms in total. The van der Waals surface area contributed by atoms with Crippen molar-refractivity contribution in [3.8, 4) is 0 Å². The third kappa shape index (κ3) is 3.25. The number of anilines is 1. The van der Waals surface area contributed by atoms with E-state index in [1.54, 1.807) is 7.11 Å². The minimum Gasteiger partial charge on any atom is -0.383 e. The maximum atomic E-state index is 5.06. The van der Waals surface area contributed by atoms with Gasteiger partial charge in [-0.25, -0.2) is 0 Å². The van der Waals surface area contributed by atoms with Crippen molar-refractivity contribution in [1.82, 2.24) is 9.78 Å². The zero-order valence-corrected chi connectivity index (χ0v) is 13.1. The smallest absolute Gasteiger partial charge is 0.0731 e. The molecule has 1 aromatic carbocycles. The van der Waals surface area contributed by atoms with E-state index >= 15 is 0 Å². The first-order valence-corrected chi connectivity index (χ1v) is 7.84. The Balaban J connectivity index is 1.70. The zero-order valence-electron chi connectivity index (χ0n) is 12.2. The maximum Gasteiger partial charge on any atom is 0.0731 e. The van der Waals surface area contributed by atoms with Crippen LogP contribution >= 0.6 is 11.3 Å². The van der Waals surface area contributed by atoms with Crippen LogP contribution in [0.3, 0.4) is 0 Å². The highest BCUT2D eigenvalue weighted by atomic mass is 32.1. The normalized spacial score (nSPS) is 12.7. The van der Waals surface area contributed by atoms with Gasteiger partial charge in [0.05, 0.1) is 31.1 Å². The van der Waals surface area contributed by atoms with Crippen LogP contribution in [0.5, 0.6) is 0 Å². The summed E-state index contributed by atoms with van der Waals surface area (Å²) in [5.41, 5.74) is 1.04. The molecule has 0 saturated carbocycles. The number of hydrogen-bond donors (Lipinski definition) is 1. The van der Waals surface area contributed by atoms with Crippen LogP contribution < -0.4 is 5.32 Å². The molecule has 110 valence electrons. The van der Waals surface area contributed by atoms with Gasteiger partial charge in [0.1, 0.15) is 0 Å². The molecule has 1 N–H and O–H groups in total. The minimum absolute atomic E-state index is 0.266. The zero-order chi connectivity index (χ0) is 14.7. The highest BCUT2D eigenvalue weighted by molar-refractivity contribution is 7.19. The van der Waals surface area contributed by atoms with Gasteiger partial charge in [-0.05, 0) is 24.4 Å². The summed E-state index contributed by atoms with van der Waals surface area (Å²) in [6, 6.07) is 11.0. The summed E-state index contributed by atoms with van der Waals surface area (Å²) in [7, 11) is 1.70. The summed E-state index contributed by atoms with van der Waals surface area (Å²) in [5.74, 6) is 0. The van der Waals surface area contributed by atoms with Gasteiger partial charge >= 0.3 is 0 Å². The molecule has 0 aliphatic rings. The number of hydrogen-bond acceptors (Lipinski definition) is 4. The topological polar surface area (TPSA) is 39.1 Å². The van der Waals surface area contributed by atoms with Gasteiger partial charge in [0.15, 0.2) is 0 Å². The van der Waals surface area contributed by atoms with Gasteiger partial charge in [-0.1, -0.05) is 18.2 Å². The number of benzene rings is 1. The Morgan fingerprint density at radius 1 is 1.38 bits per heavy atom. The SMILES string of the molecule is COCCn1cc(NC(C)c2cc3ccccc3s2)cn1. The number of thiophene rings is 1. The lowest BCUT2D eigenvalue weighted by Gasteiger charge is -2.11. The average Bonchev–Trinajstić information content (AvgIpc) is 3.11. The summed E-state index contributed by atoms with van der Waals surface area (Å²) in [6.07, 6.45) is 3.88. The molecule has 0 fully saturated rings. The lowest BCUT2D eigenvalue weighted by Crippen LogP contribution is -2.05. The maximum absolute atomic E-state index is 5.06. The van der Waals surface area contributed by atoms with Crippen LogP contribution in [0.4, 0.5) is 5.69 Å². The van der Waals surface area contributed by atoms with Gasteiger partial charge in [-0.3, -0.25) is 4.68 Å². The first-order valence-electron chi connectivity index (χ1n) is 7.02. The van der Waals surface area contributed by atoms with Crippen LogP contribution in [0.25, 0.3) is 10.1 Å². The molecule has 0 aliphatic heterocycles. The van der Waals surface area contributed by atoms with E-state index in [1.807, 2.05) is 28.4 Å². The van der Waals surface area contributed by atoms with E-state index in [1.165, 1.54) is 15.0 Å². The Hall–Kier alpha value is -1.85. The molecular weight excluding hydrogens is 282 g/mol. The van der Waals surface area contributed by atoms with Crippen molar-refractivity contribution in [3.63, 3.8) is 0 Å². The highest BCUT2D eigenvalue weighted by Gasteiger charge is 2.10.